The second-order valence-corrected chi connectivity index (χ2v) is 3.68. The van der Waals surface area contributed by atoms with E-state index in [1.807, 2.05) is 18.2 Å². The quantitative estimate of drug-likeness (QED) is 0.542. The molecule has 0 saturated heterocycles. The van der Waals surface area contributed by atoms with E-state index in [0.29, 0.717) is 15.6 Å². The van der Waals surface area contributed by atoms with Gasteiger partial charge in [0.2, 0.25) is 0 Å². The Kier molecular flexibility index (Phi) is 7.88. The number of hydrogen-bond acceptors (Lipinski definition) is 4. The molecule has 0 aliphatic heterocycles. The molecule has 0 aliphatic carbocycles. The summed E-state index contributed by atoms with van der Waals surface area (Å²) >= 11 is -1.92. The standard InChI is InChI=1S/C5H5N.3CHO.Mn/c1-2-4-6-5-3-1;3*1-2;/h1-5H;3*1H;. The van der Waals surface area contributed by atoms with Gasteiger partial charge in [-0.15, -0.1) is 0 Å². The van der Waals surface area contributed by atoms with Crippen molar-refractivity contribution in [2.45, 2.75) is 0 Å². The van der Waals surface area contributed by atoms with Crippen LogP contribution in [0.3, 0.4) is 0 Å². The van der Waals surface area contributed by atoms with E-state index < -0.39 is 13.9 Å². The molecule has 0 aromatic carbocycles. The molecule has 0 N–H and O–H groups in total. The van der Waals surface area contributed by atoms with Crippen LogP contribution in [-0.4, -0.2) is 20.5 Å². The van der Waals surface area contributed by atoms with Crippen LogP contribution in [-0.2, 0) is 28.3 Å². The van der Waals surface area contributed by atoms with Crippen LogP contribution in [0, 0.1) is 0 Å². The van der Waals surface area contributed by atoms with Gasteiger partial charge in [-0.25, -0.2) is 0 Å². The summed E-state index contributed by atoms with van der Waals surface area (Å²) in [5.41, 5.74) is 0. The van der Waals surface area contributed by atoms with Gasteiger partial charge in [0, 0.05) is 12.4 Å². The maximum Gasteiger partial charge on any atom is 0.0267 e. The monoisotopic (exact) mass is 221 g/mol. The minimum Gasteiger partial charge on any atom is -0.265 e. The summed E-state index contributed by atoms with van der Waals surface area (Å²) in [7, 11) is 0. The summed E-state index contributed by atoms with van der Waals surface area (Å²) in [5, 5.41) is 1.19. The molecule has 0 atom stereocenters. The first-order valence-corrected chi connectivity index (χ1v) is 5.26. The van der Waals surface area contributed by atoms with Gasteiger partial charge in [-0.1, -0.05) is 6.07 Å². The van der Waals surface area contributed by atoms with Gasteiger partial charge in [0.1, 0.15) is 0 Å². The number of nitrogens with zero attached hydrogens (tertiary/aromatic N) is 1. The second kappa shape index (κ2) is 8.77. The smallest absolute Gasteiger partial charge is 0.0267 e. The first-order valence-electron chi connectivity index (χ1n) is 3.21. The third-order valence-corrected chi connectivity index (χ3v) is 1.84. The van der Waals surface area contributed by atoms with Crippen molar-refractivity contribution in [3.8, 4) is 0 Å². The normalized spacial score (nSPS) is 8.77. The molecule has 1 aromatic rings. The van der Waals surface area contributed by atoms with Gasteiger partial charge in [0.15, 0.2) is 0 Å². The summed E-state index contributed by atoms with van der Waals surface area (Å²) in [6.45, 7) is 0. The number of carbonyl (C=O) groups is 3. The maximum absolute atomic E-state index is 9.55. The molecule has 0 saturated carbocycles. The molecule has 70 valence electrons. The zero-order valence-corrected chi connectivity index (χ0v) is 7.85. The minimum atomic E-state index is -1.92. The summed E-state index contributed by atoms with van der Waals surface area (Å²) in [4.78, 5) is 32.4. The SMILES string of the molecule is O=[CH][Mn]([CH]=O)[CH]=O.c1ccncc1. The van der Waals surface area contributed by atoms with Crippen LogP contribution in [0.15, 0.2) is 30.6 Å². The Balaban J connectivity index is 0.000000223. The molecule has 0 aliphatic rings. The molecule has 1 aromatic heterocycles. The van der Waals surface area contributed by atoms with E-state index in [-0.39, 0.29) is 0 Å². The van der Waals surface area contributed by atoms with Crippen LogP contribution in [0.2, 0.25) is 0 Å². The van der Waals surface area contributed by atoms with Gasteiger partial charge in [0.05, 0.1) is 0 Å². The minimum absolute atomic E-state index is 0.396. The first kappa shape index (κ1) is 11.7. The number of hydrogen-bond donors (Lipinski definition) is 0. The van der Waals surface area contributed by atoms with Crippen molar-refractivity contribution in [3.63, 3.8) is 0 Å². The van der Waals surface area contributed by atoms with Crippen molar-refractivity contribution in [2.75, 3.05) is 0 Å². The van der Waals surface area contributed by atoms with Crippen LogP contribution < -0.4 is 0 Å². The van der Waals surface area contributed by atoms with Gasteiger partial charge < -0.3 is 0 Å². The van der Waals surface area contributed by atoms with E-state index in [0.717, 1.165) is 0 Å². The van der Waals surface area contributed by atoms with E-state index in [1.54, 1.807) is 12.4 Å². The zero-order valence-electron chi connectivity index (χ0n) is 6.67. The topological polar surface area (TPSA) is 64.1 Å². The van der Waals surface area contributed by atoms with E-state index in [2.05, 4.69) is 4.98 Å². The van der Waals surface area contributed by atoms with Crippen LogP contribution >= 0.6 is 0 Å². The van der Waals surface area contributed by atoms with Crippen molar-refractivity contribution in [3.05, 3.63) is 30.6 Å². The van der Waals surface area contributed by atoms with E-state index in [1.165, 1.54) is 0 Å². The molecule has 0 unspecified atom stereocenters. The molecular formula is C8H8MnNO3. The predicted molar refractivity (Wildman–Crippen MR) is 44.5 cm³/mol. The van der Waals surface area contributed by atoms with Crippen LogP contribution in [0.25, 0.3) is 0 Å². The first-order chi connectivity index (χ1) is 6.35. The molecule has 1 heterocycles. The number of rotatable bonds is 3. The summed E-state index contributed by atoms with van der Waals surface area (Å²) in [6, 6.07) is 5.72. The Morgan fingerprint density at radius 1 is 0.846 bits per heavy atom. The van der Waals surface area contributed by atoms with E-state index in [9.17, 15) is 14.4 Å². The van der Waals surface area contributed by atoms with Crippen molar-refractivity contribution in [1.82, 2.24) is 4.98 Å². The fraction of sp³-hybridized carbons (Fsp3) is 0. The van der Waals surface area contributed by atoms with Crippen LogP contribution in [0.1, 0.15) is 0 Å². The fourth-order valence-corrected chi connectivity index (χ4v) is 0.572. The fourth-order valence-electron chi connectivity index (χ4n) is 0.376. The number of pyridine rings is 1. The molecule has 13 heavy (non-hydrogen) atoms. The summed E-state index contributed by atoms with van der Waals surface area (Å²) in [5.74, 6) is 0. The molecule has 0 spiro atoms. The Morgan fingerprint density at radius 2 is 1.31 bits per heavy atom. The van der Waals surface area contributed by atoms with E-state index >= 15 is 0 Å². The predicted octanol–water partition coefficient (Wildman–Crippen LogP) is 0.257. The third-order valence-electron chi connectivity index (χ3n) is 0.875. The Morgan fingerprint density at radius 3 is 1.38 bits per heavy atom. The molecule has 0 amide bonds. The molecule has 1 rings (SSSR count). The van der Waals surface area contributed by atoms with Gasteiger partial charge in [-0.05, 0) is 12.1 Å². The van der Waals surface area contributed by atoms with E-state index in [4.69, 9.17) is 0 Å². The average molecular weight is 221 g/mol. The Labute approximate surface area is 79.9 Å². The molecule has 4 nitrogen and oxygen atoms in total. The van der Waals surface area contributed by atoms with Gasteiger partial charge in [0.25, 0.3) is 0 Å². The van der Waals surface area contributed by atoms with Crippen molar-refractivity contribution >= 4 is 15.6 Å². The van der Waals surface area contributed by atoms with Crippen molar-refractivity contribution in [2.24, 2.45) is 0 Å². The molecular weight excluding hydrogens is 213 g/mol. The molecule has 0 bridgehead atoms. The zero-order chi connectivity index (χ0) is 9.94. The van der Waals surface area contributed by atoms with Gasteiger partial charge >= 0.3 is 43.8 Å². The molecule has 0 radical (unpaired) electrons. The van der Waals surface area contributed by atoms with Crippen molar-refractivity contribution in [1.29, 1.82) is 0 Å². The van der Waals surface area contributed by atoms with Crippen LogP contribution in [0.5, 0.6) is 0 Å². The summed E-state index contributed by atoms with van der Waals surface area (Å²) < 4.78 is 0. The van der Waals surface area contributed by atoms with Crippen molar-refractivity contribution < 1.29 is 28.3 Å². The Bertz CT molecular complexity index is 207. The average Bonchev–Trinajstić information content (AvgIpc) is 2.24. The van der Waals surface area contributed by atoms with Gasteiger partial charge in [-0.2, -0.15) is 0 Å². The van der Waals surface area contributed by atoms with Gasteiger partial charge in [-0.3, -0.25) is 4.98 Å². The third kappa shape index (κ3) is 7.05. The number of carbonyl (C=O) groups excluding carboxylic acids is 3. The van der Waals surface area contributed by atoms with Crippen LogP contribution in [0.4, 0.5) is 0 Å². The molecule has 5 heteroatoms. The number of aromatic nitrogens is 1. The second-order valence-electron chi connectivity index (χ2n) is 1.67. The summed E-state index contributed by atoms with van der Waals surface area (Å²) in [6.07, 6.45) is 3.50. The maximum atomic E-state index is 9.55. The largest absolute Gasteiger partial charge is 0.265 e. The Hall–Kier alpha value is -1.32. The molecule has 0 fully saturated rings.